The molecule has 0 saturated carbocycles. The van der Waals surface area contributed by atoms with Gasteiger partial charge in [-0.15, -0.1) is 0 Å². The summed E-state index contributed by atoms with van der Waals surface area (Å²) in [6, 6.07) is 2.87. The van der Waals surface area contributed by atoms with E-state index in [1.165, 1.54) is 9.47 Å². The molecule has 4 rings (SSSR count). The maximum atomic E-state index is 13.7. The van der Waals surface area contributed by atoms with Gasteiger partial charge in [0.15, 0.2) is 11.7 Å². The SMILES string of the molecule is O=C(NCc1ccc(F)cc1F)c1cn2c(c([O-])c1=O)C(=O)N1CCCOC1C2.[Na+]. The molecule has 1 aromatic heterocycles. The summed E-state index contributed by atoms with van der Waals surface area (Å²) in [6.45, 7) is 0.690. The molecule has 8 nitrogen and oxygen atoms in total. The Bertz CT molecular complexity index is 1070. The molecule has 3 heterocycles. The normalized spacial score (nSPS) is 17.6. The number of pyridine rings is 1. The van der Waals surface area contributed by atoms with E-state index >= 15 is 0 Å². The third-order valence-corrected chi connectivity index (χ3v) is 4.95. The number of ether oxygens (including phenoxy) is 1. The van der Waals surface area contributed by atoms with Gasteiger partial charge < -0.3 is 24.6 Å². The van der Waals surface area contributed by atoms with E-state index in [1.54, 1.807) is 0 Å². The van der Waals surface area contributed by atoms with Crippen LogP contribution in [0.2, 0.25) is 0 Å². The Labute approximate surface area is 191 Å². The molecule has 1 N–H and O–H groups in total. The summed E-state index contributed by atoms with van der Waals surface area (Å²) in [5.74, 6) is -4.18. The quantitative estimate of drug-likeness (QED) is 0.539. The zero-order valence-corrected chi connectivity index (χ0v) is 18.1. The third kappa shape index (κ3) is 4.00. The summed E-state index contributed by atoms with van der Waals surface area (Å²) < 4.78 is 33.5. The van der Waals surface area contributed by atoms with Gasteiger partial charge in [-0.2, -0.15) is 0 Å². The minimum Gasteiger partial charge on any atom is -0.868 e. The zero-order chi connectivity index (χ0) is 20.7. The van der Waals surface area contributed by atoms with Gasteiger partial charge >= 0.3 is 29.6 Å². The Balaban J connectivity index is 0.00000256. The smallest absolute Gasteiger partial charge is 0.868 e. The molecule has 0 spiro atoms. The van der Waals surface area contributed by atoms with Crippen LogP contribution in [0.5, 0.6) is 5.75 Å². The van der Waals surface area contributed by atoms with Crippen molar-refractivity contribution in [3.63, 3.8) is 0 Å². The zero-order valence-electron chi connectivity index (χ0n) is 16.1. The van der Waals surface area contributed by atoms with Gasteiger partial charge in [-0.25, -0.2) is 8.78 Å². The maximum absolute atomic E-state index is 13.7. The van der Waals surface area contributed by atoms with E-state index in [-0.39, 0.29) is 53.9 Å². The van der Waals surface area contributed by atoms with Crippen molar-refractivity contribution in [2.75, 3.05) is 13.2 Å². The molecule has 2 amide bonds. The summed E-state index contributed by atoms with van der Waals surface area (Å²) >= 11 is 0. The van der Waals surface area contributed by atoms with Crippen LogP contribution in [-0.2, 0) is 17.8 Å². The van der Waals surface area contributed by atoms with Crippen LogP contribution >= 0.6 is 0 Å². The van der Waals surface area contributed by atoms with Crippen LogP contribution in [0.1, 0.15) is 32.8 Å². The summed E-state index contributed by atoms with van der Waals surface area (Å²) in [6.07, 6.45) is 1.19. The minimum absolute atomic E-state index is 0. The Morgan fingerprint density at radius 2 is 2.07 bits per heavy atom. The standard InChI is InChI=1S/C19H17F2N3O5.Na/c20-11-3-2-10(13(21)6-11)7-22-18(27)12-8-23-9-14-24(4-1-5-29-14)19(28)15(23)17(26)16(12)25;/h2-3,6,8,14,26H,1,4-5,7,9H2,(H,22,27);/q;+1/p-1. The van der Waals surface area contributed by atoms with Crippen LogP contribution in [0.15, 0.2) is 29.2 Å². The van der Waals surface area contributed by atoms with Crippen molar-refractivity contribution in [3.8, 4) is 5.75 Å². The molecule has 0 aliphatic carbocycles. The molecule has 30 heavy (non-hydrogen) atoms. The Morgan fingerprint density at radius 3 is 2.80 bits per heavy atom. The number of rotatable bonds is 3. The van der Waals surface area contributed by atoms with Crippen LogP contribution in [0.3, 0.4) is 0 Å². The first-order valence-corrected chi connectivity index (χ1v) is 8.96. The molecule has 1 saturated heterocycles. The third-order valence-electron chi connectivity index (χ3n) is 4.95. The van der Waals surface area contributed by atoms with Gasteiger partial charge in [-0.1, -0.05) is 6.07 Å². The van der Waals surface area contributed by atoms with Crippen molar-refractivity contribution >= 4 is 11.8 Å². The molecule has 1 aromatic carbocycles. The average molecular weight is 427 g/mol. The topological polar surface area (TPSA) is 104 Å². The molecule has 0 radical (unpaired) electrons. The van der Waals surface area contributed by atoms with Crippen LogP contribution in [0, 0.1) is 11.6 Å². The van der Waals surface area contributed by atoms with E-state index in [9.17, 15) is 28.3 Å². The number of hydrogen-bond donors (Lipinski definition) is 1. The van der Waals surface area contributed by atoms with Crippen molar-refractivity contribution in [1.29, 1.82) is 0 Å². The van der Waals surface area contributed by atoms with Crippen molar-refractivity contribution in [2.24, 2.45) is 0 Å². The van der Waals surface area contributed by atoms with Gasteiger partial charge in [-0.3, -0.25) is 14.4 Å². The number of halogens is 2. The molecule has 1 unspecified atom stereocenters. The van der Waals surface area contributed by atoms with Crippen LogP contribution in [0.25, 0.3) is 0 Å². The second-order valence-corrected chi connectivity index (χ2v) is 6.80. The molecular weight excluding hydrogens is 411 g/mol. The molecule has 1 atom stereocenters. The number of carbonyl (C=O) groups is 2. The van der Waals surface area contributed by atoms with Gasteiger partial charge in [0.2, 0.25) is 0 Å². The number of aromatic nitrogens is 1. The summed E-state index contributed by atoms with van der Waals surface area (Å²) in [7, 11) is 0. The van der Waals surface area contributed by atoms with E-state index in [0.29, 0.717) is 25.6 Å². The predicted molar refractivity (Wildman–Crippen MR) is 93.1 cm³/mol. The Kier molecular flexibility index (Phi) is 6.61. The van der Waals surface area contributed by atoms with E-state index in [2.05, 4.69) is 5.32 Å². The number of fused-ring (bicyclic) bond motifs is 2. The van der Waals surface area contributed by atoms with E-state index in [0.717, 1.165) is 18.3 Å². The van der Waals surface area contributed by atoms with Gasteiger partial charge in [0.05, 0.1) is 13.2 Å². The number of benzene rings is 1. The first kappa shape index (κ1) is 22.4. The number of nitrogens with one attached hydrogen (secondary N) is 1. The molecule has 2 aliphatic heterocycles. The fourth-order valence-corrected chi connectivity index (χ4v) is 3.48. The van der Waals surface area contributed by atoms with E-state index in [4.69, 9.17) is 4.74 Å². The molecule has 152 valence electrons. The first-order chi connectivity index (χ1) is 13.9. The van der Waals surface area contributed by atoms with Gasteiger partial charge in [-0.05, 0) is 18.2 Å². The summed E-state index contributed by atoms with van der Waals surface area (Å²) in [4.78, 5) is 38.8. The van der Waals surface area contributed by atoms with Crippen LogP contribution in [0.4, 0.5) is 8.78 Å². The molecule has 11 heteroatoms. The minimum atomic E-state index is -1.11. The molecule has 0 bridgehead atoms. The van der Waals surface area contributed by atoms with Crippen molar-refractivity contribution < 1.29 is 57.8 Å². The molecule has 2 aliphatic rings. The maximum Gasteiger partial charge on any atom is 1.00 e. The Morgan fingerprint density at radius 1 is 1.30 bits per heavy atom. The Hall–Kier alpha value is -2.27. The molecule has 2 aromatic rings. The van der Waals surface area contributed by atoms with E-state index < -0.39 is 46.4 Å². The largest absolute Gasteiger partial charge is 1.00 e. The molecule has 1 fully saturated rings. The second kappa shape index (κ2) is 8.84. The van der Waals surface area contributed by atoms with Gasteiger partial charge in [0, 0.05) is 30.9 Å². The summed E-state index contributed by atoms with van der Waals surface area (Å²) in [5, 5.41) is 14.8. The fraction of sp³-hybridized carbons (Fsp3) is 0.316. The number of hydrogen-bond acceptors (Lipinski definition) is 5. The molecular formula is C19H16F2N3NaO5. The summed E-state index contributed by atoms with van der Waals surface area (Å²) in [5.41, 5.74) is -1.86. The average Bonchev–Trinajstić information content (AvgIpc) is 2.70. The predicted octanol–water partition coefficient (Wildman–Crippen LogP) is -2.66. The number of nitrogens with zero attached hydrogens (tertiary/aromatic N) is 2. The fourth-order valence-electron chi connectivity index (χ4n) is 3.48. The van der Waals surface area contributed by atoms with Crippen molar-refractivity contribution in [3.05, 3.63) is 63.1 Å². The van der Waals surface area contributed by atoms with Crippen LogP contribution in [-0.4, -0.2) is 40.7 Å². The first-order valence-electron chi connectivity index (χ1n) is 8.96. The van der Waals surface area contributed by atoms with Gasteiger partial charge in [0.1, 0.15) is 22.9 Å². The number of carbonyl (C=O) groups excluding carboxylic acids is 2. The van der Waals surface area contributed by atoms with Crippen molar-refractivity contribution in [1.82, 2.24) is 14.8 Å². The van der Waals surface area contributed by atoms with Crippen LogP contribution < -0.4 is 45.4 Å². The number of amides is 2. The monoisotopic (exact) mass is 427 g/mol. The van der Waals surface area contributed by atoms with Gasteiger partial charge in [0.25, 0.3) is 11.8 Å². The second-order valence-electron chi connectivity index (χ2n) is 6.80. The van der Waals surface area contributed by atoms with Crippen molar-refractivity contribution in [2.45, 2.75) is 25.7 Å². The van der Waals surface area contributed by atoms with E-state index in [1.807, 2.05) is 0 Å².